The highest BCUT2D eigenvalue weighted by Crippen LogP contribution is 2.16. The number of alkyl halides is 1. The SMILES string of the molecule is C/C=C/CCCC(Cl)CCCCCCCCC. The molecule has 0 bridgehead atoms. The largest absolute Gasteiger partial charge is 0.123 e. The third-order valence-corrected chi connectivity index (χ3v) is 3.68. The molecule has 1 unspecified atom stereocenters. The van der Waals surface area contributed by atoms with Crippen molar-refractivity contribution in [2.24, 2.45) is 0 Å². The minimum Gasteiger partial charge on any atom is -0.123 e. The Bertz CT molecular complexity index is 163. The van der Waals surface area contributed by atoms with Gasteiger partial charge in [-0.25, -0.2) is 0 Å². The van der Waals surface area contributed by atoms with Crippen LogP contribution in [0.25, 0.3) is 0 Å². The second-order valence-corrected chi connectivity index (χ2v) is 5.62. The summed E-state index contributed by atoms with van der Waals surface area (Å²) < 4.78 is 0. The van der Waals surface area contributed by atoms with Crippen LogP contribution in [0.15, 0.2) is 12.2 Å². The summed E-state index contributed by atoms with van der Waals surface area (Å²) in [6.45, 7) is 4.35. The van der Waals surface area contributed by atoms with E-state index in [-0.39, 0.29) is 0 Å². The van der Waals surface area contributed by atoms with Crippen molar-refractivity contribution >= 4 is 11.6 Å². The molecule has 0 aliphatic heterocycles. The molecule has 1 atom stereocenters. The fourth-order valence-electron chi connectivity index (χ4n) is 2.09. The summed E-state index contributed by atoms with van der Waals surface area (Å²) in [5.41, 5.74) is 0. The molecule has 0 spiro atoms. The topological polar surface area (TPSA) is 0 Å². The molecule has 0 fully saturated rings. The normalized spacial score (nSPS) is 13.4. The second-order valence-electron chi connectivity index (χ2n) is 5.01. The van der Waals surface area contributed by atoms with Crippen molar-refractivity contribution < 1.29 is 0 Å². The average Bonchev–Trinajstić information content (AvgIpc) is 2.33. The maximum Gasteiger partial charge on any atom is 0.0336 e. The van der Waals surface area contributed by atoms with Gasteiger partial charge >= 0.3 is 0 Å². The van der Waals surface area contributed by atoms with E-state index in [1.165, 1.54) is 70.6 Å². The van der Waals surface area contributed by atoms with Gasteiger partial charge < -0.3 is 0 Å². The summed E-state index contributed by atoms with van der Waals surface area (Å²) in [5, 5.41) is 0.413. The van der Waals surface area contributed by atoms with Crippen LogP contribution in [0.2, 0.25) is 0 Å². The van der Waals surface area contributed by atoms with Gasteiger partial charge in [0.1, 0.15) is 0 Å². The Balaban J connectivity index is 3.13. The summed E-state index contributed by atoms with van der Waals surface area (Å²) in [7, 11) is 0. The van der Waals surface area contributed by atoms with Crippen LogP contribution in [-0.2, 0) is 0 Å². The van der Waals surface area contributed by atoms with Crippen LogP contribution in [0.4, 0.5) is 0 Å². The fourth-order valence-corrected chi connectivity index (χ4v) is 2.40. The van der Waals surface area contributed by atoms with E-state index in [0.717, 1.165) is 0 Å². The van der Waals surface area contributed by atoms with Gasteiger partial charge in [0.15, 0.2) is 0 Å². The fraction of sp³-hybridized carbons (Fsp3) is 0.875. The Hall–Kier alpha value is 0.0300. The molecule has 0 nitrogen and oxygen atoms in total. The van der Waals surface area contributed by atoms with Crippen LogP contribution in [0, 0.1) is 0 Å². The van der Waals surface area contributed by atoms with E-state index in [0.29, 0.717) is 5.38 Å². The van der Waals surface area contributed by atoms with Crippen molar-refractivity contribution in [2.75, 3.05) is 0 Å². The minimum atomic E-state index is 0.413. The van der Waals surface area contributed by atoms with Gasteiger partial charge in [-0.05, 0) is 32.6 Å². The molecule has 0 amide bonds. The van der Waals surface area contributed by atoms with Gasteiger partial charge in [0, 0.05) is 5.38 Å². The summed E-state index contributed by atoms with van der Waals surface area (Å²) in [4.78, 5) is 0. The molecule has 0 N–H and O–H groups in total. The number of hydrogen-bond donors (Lipinski definition) is 0. The van der Waals surface area contributed by atoms with Crippen molar-refractivity contribution in [1.29, 1.82) is 0 Å². The van der Waals surface area contributed by atoms with Crippen molar-refractivity contribution in [3.05, 3.63) is 12.2 Å². The Labute approximate surface area is 114 Å². The van der Waals surface area contributed by atoms with Crippen LogP contribution >= 0.6 is 11.6 Å². The van der Waals surface area contributed by atoms with Gasteiger partial charge in [-0.15, -0.1) is 11.6 Å². The zero-order chi connectivity index (χ0) is 12.8. The van der Waals surface area contributed by atoms with Crippen molar-refractivity contribution in [3.8, 4) is 0 Å². The van der Waals surface area contributed by atoms with Crippen molar-refractivity contribution in [2.45, 2.75) is 89.9 Å². The molecular weight excluding hydrogens is 228 g/mol. The highest BCUT2D eigenvalue weighted by atomic mass is 35.5. The van der Waals surface area contributed by atoms with Gasteiger partial charge in [-0.1, -0.05) is 64.0 Å². The van der Waals surface area contributed by atoms with Crippen LogP contribution in [0.1, 0.15) is 84.5 Å². The van der Waals surface area contributed by atoms with E-state index < -0.39 is 0 Å². The lowest BCUT2D eigenvalue weighted by Crippen LogP contribution is -1.98. The third kappa shape index (κ3) is 14.0. The lowest BCUT2D eigenvalue weighted by atomic mass is 10.0. The first-order valence-electron chi connectivity index (χ1n) is 7.56. The highest BCUT2D eigenvalue weighted by molar-refractivity contribution is 6.20. The van der Waals surface area contributed by atoms with Crippen molar-refractivity contribution in [3.63, 3.8) is 0 Å². The third-order valence-electron chi connectivity index (χ3n) is 3.24. The highest BCUT2D eigenvalue weighted by Gasteiger charge is 2.03. The Morgan fingerprint density at radius 3 is 2.12 bits per heavy atom. The number of allylic oxidation sites excluding steroid dienone is 2. The molecule has 102 valence electrons. The maximum absolute atomic E-state index is 6.30. The van der Waals surface area contributed by atoms with Crippen molar-refractivity contribution in [1.82, 2.24) is 0 Å². The molecule has 0 aromatic rings. The molecule has 0 heterocycles. The summed E-state index contributed by atoms with van der Waals surface area (Å²) in [5.74, 6) is 0. The number of hydrogen-bond acceptors (Lipinski definition) is 0. The number of unbranched alkanes of at least 4 members (excludes halogenated alkanes) is 7. The molecule has 1 heteroatoms. The van der Waals surface area contributed by atoms with E-state index >= 15 is 0 Å². The van der Waals surface area contributed by atoms with Crippen LogP contribution < -0.4 is 0 Å². The van der Waals surface area contributed by atoms with Crippen LogP contribution in [-0.4, -0.2) is 5.38 Å². The second kappa shape index (κ2) is 14.1. The lowest BCUT2D eigenvalue weighted by molar-refractivity contribution is 0.554. The average molecular weight is 259 g/mol. The molecular formula is C16H31Cl. The lowest BCUT2D eigenvalue weighted by Gasteiger charge is -2.08. The predicted octanol–water partition coefficient (Wildman–Crippen LogP) is 6.48. The molecule has 0 saturated heterocycles. The first-order valence-corrected chi connectivity index (χ1v) is 8.00. The summed E-state index contributed by atoms with van der Waals surface area (Å²) in [6, 6.07) is 0. The smallest absolute Gasteiger partial charge is 0.0336 e. The van der Waals surface area contributed by atoms with Gasteiger partial charge in [0.2, 0.25) is 0 Å². The van der Waals surface area contributed by atoms with Crippen LogP contribution in [0.3, 0.4) is 0 Å². The molecule has 0 aromatic carbocycles. The molecule has 0 aliphatic rings. The molecule has 0 radical (unpaired) electrons. The maximum atomic E-state index is 6.30. The standard InChI is InChI=1S/C16H31Cl/c1-3-5-7-9-10-11-13-15-16(17)14-12-8-6-4-2/h4,6,16H,3,5,7-15H2,1-2H3/b6-4+. The molecule has 17 heavy (non-hydrogen) atoms. The monoisotopic (exact) mass is 258 g/mol. The Morgan fingerprint density at radius 1 is 0.882 bits per heavy atom. The molecule has 0 rings (SSSR count). The zero-order valence-corrected chi connectivity index (χ0v) is 12.6. The first-order chi connectivity index (χ1) is 8.31. The Morgan fingerprint density at radius 2 is 1.47 bits per heavy atom. The van der Waals surface area contributed by atoms with E-state index in [1.807, 2.05) is 0 Å². The predicted molar refractivity (Wildman–Crippen MR) is 80.9 cm³/mol. The Kier molecular flexibility index (Phi) is 14.1. The van der Waals surface area contributed by atoms with E-state index in [1.54, 1.807) is 0 Å². The molecule has 0 aliphatic carbocycles. The van der Waals surface area contributed by atoms with Crippen LogP contribution in [0.5, 0.6) is 0 Å². The van der Waals surface area contributed by atoms with Gasteiger partial charge in [0.05, 0.1) is 0 Å². The summed E-state index contributed by atoms with van der Waals surface area (Å²) in [6.07, 6.45) is 18.9. The van der Waals surface area contributed by atoms with E-state index in [9.17, 15) is 0 Å². The quantitative estimate of drug-likeness (QED) is 0.213. The summed E-state index contributed by atoms with van der Waals surface area (Å²) >= 11 is 6.30. The van der Waals surface area contributed by atoms with Gasteiger partial charge in [0.25, 0.3) is 0 Å². The molecule has 0 saturated carbocycles. The molecule has 0 aromatic heterocycles. The first kappa shape index (κ1) is 17.0. The van der Waals surface area contributed by atoms with Gasteiger partial charge in [-0.2, -0.15) is 0 Å². The van der Waals surface area contributed by atoms with E-state index in [2.05, 4.69) is 26.0 Å². The number of rotatable bonds is 12. The number of halogens is 1. The zero-order valence-electron chi connectivity index (χ0n) is 11.9. The van der Waals surface area contributed by atoms with E-state index in [4.69, 9.17) is 11.6 Å². The minimum absolute atomic E-state index is 0.413. The van der Waals surface area contributed by atoms with Gasteiger partial charge in [-0.3, -0.25) is 0 Å².